The van der Waals surface area contributed by atoms with Crippen LogP contribution in [-0.4, -0.2) is 15.4 Å². The second kappa shape index (κ2) is 4.14. The van der Waals surface area contributed by atoms with Crippen molar-refractivity contribution in [1.82, 2.24) is 15.4 Å². The predicted molar refractivity (Wildman–Crippen MR) is 59.9 cm³/mol. The Morgan fingerprint density at radius 2 is 2.00 bits per heavy atom. The van der Waals surface area contributed by atoms with E-state index in [1.807, 2.05) is 0 Å². The first-order chi connectivity index (χ1) is 8.86. The minimum atomic E-state index is 0.255. The summed E-state index contributed by atoms with van der Waals surface area (Å²) in [5, 5.41) is 20.1. The molecule has 0 N–H and O–H groups in total. The molecule has 0 radical (unpaired) electrons. The molecule has 0 saturated carbocycles. The Morgan fingerprint density at radius 1 is 1.11 bits per heavy atom. The number of nitrogens with zero attached hydrogens (tertiary/aromatic N) is 4. The number of benzene rings is 1. The van der Waals surface area contributed by atoms with E-state index in [4.69, 9.17) is 14.2 Å². The van der Waals surface area contributed by atoms with Gasteiger partial charge in [-0.15, -0.1) is 10.2 Å². The summed E-state index contributed by atoms with van der Waals surface area (Å²) in [7, 11) is 0. The number of hydrogen-bond donors (Lipinski definition) is 0. The Kier molecular flexibility index (Phi) is 2.35. The van der Waals surface area contributed by atoms with Gasteiger partial charge in [-0.3, -0.25) is 0 Å². The van der Waals surface area contributed by atoms with Gasteiger partial charge in [-0.25, -0.2) is 0 Å². The van der Waals surface area contributed by atoms with Crippen LogP contribution in [0.15, 0.2) is 45.5 Å². The van der Waals surface area contributed by atoms with Crippen LogP contribution in [0.4, 0.5) is 0 Å². The molecular formula is C12H6N4O2. The zero-order valence-corrected chi connectivity index (χ0v) is 9.07. The molecular weight excluding hydrogens is 232 g/mol. The van der Waals surface area contributed by atoms with E-state index in [1.54, 1.807) is 30.3 Å². The molecule has 6 heteroatoms. The van der Waals surface area contributed by atoms with Gasteiger partial charge in [-0.05, 0) is 18.2 Å². The van der Waals surface area contributed by atoms with Gasteiger partial charge in [0, 0.05) is 11.6 Å². The number of aromatic nitrogens is 3. The highest BCUT2D eigenvalue weighted by atomic mass is 16.5. The highest BCUT2D eigenvalue weighted by Gasteiger charge is 2.13. The Labute approximate surface area is 101 Å². The third kappa shape index (κ3) is 1.74. The van der Waals surface area contributed by atoms with Crippen molar-refractivity contribution in [3.8, 4) is 29.2 Å². The van der Waals surface area contributed by atoms with Gasteiger partial charge in [0.15, 0.2) is 0 Å². The third-order valence-electron chi connectivity index (χ3n) is 2.31. The normalized spacial score (nSPS) is 10.2. The zero-order chi connectivity index (χ0) is 12.4. The summed E-state index contributed by atoms with van der Waals surface area (Å²) in [5.74, 6) is 0.994. The van der Waals surface area contributed by atoms with Gasteiger partial charge in [-0.1, -0.05) is 11.2 Å². The maximum atomic E-state index is 8.82. The molecule has 2 heterocycles. The van der Waals surface area contributed by atoms with Gasteiger partial charge in [0.2, 0.25) is 11.7 Å². The van der Waals surface area contributed by atoms with Crippen LogP contribution in [0.25, 0.3) is 23.1 Å². The smallest absolute Gasteiger partial charge is 0.286 e. The molecule has 0 fully saturated rings. The monoisotopic (exact) mass is 238 g/mol. The molecule has 0 saturated heterocycles. The van der Waals surface area contributed by atoms with E-state index in [-0.39, 0.29) is 5.89 Å². The highest BCUT2D eigenvalue weighted by molar-refractivity contribution is 5.57. The topological polar surface area (TPSA) is 88.7 Å². The van der Waals surface area contributed by atoms with Gasteiger partial charge in [0.25, 0.3) is 5.89 Å². The molecule has 0 amide bonds. The number of hydrogen-bond acceptors (Lipinski definition) is 6. The first-order valence-corrected chi connectivity index (χ1v) is 5.12. The van der Waals surface area contributed by atoms with E-state index in [9.17, 15) is 0 Å². The van der Waals surface area contributed by atoms with Crippen LogP contribution in [0, 0.1) is 11.3 Å². The van der Waals surface area contributed by atoms with Crippen LogP contribution in [0.2, 0.25) is 0 Å². The fraction of sp³-hybridized carbons (Fsp3) is 0. The molecule has 0 atom stereocenters. The van der Waals surface area contributed by atoms with Gasteiger partial charge in [0.05, 0.1) is 17.8 Å². The first-order valence-electron chi connectivity index (χ1n) is 5.12. The molecule has 18 heavy (non-hydrogen) atoms. The lowest BCUT2D eigenvalue weighted by molar-refractivity contribution is 0.416. The van der Waals surface area contributed by atoms with E-state index in [2.05, 4.69) is 21.4 Å². The predicted octanol–water partition coefficient (Wildman–Crippen LogP) is 2.26. The quantitative estimate of drug-likeness (QED) is 0.680. The Morgan fingerprint density at radius 3 is 2.78 bits per heavy atom. The Balaban J connectivity index is 2.01. The lowest BCUT2D eigenvalue weighted by atomic mass is 10.1. The second-order valence-electron chi connectivity index (χ2n) is 3.48. The summed E-state index contributed by atoms with van der Waals surface area (Å²) in [6.07, 6.45) is 1.50. The highest BCUT2D eigenvalue weighted by Crippen LogP contribution is 2.23. The zero-order valence-electron chi connectivity index (χ0n) is 9.07. The summed E-state index contributed by atoms with van der Waals surface area (Å²) in [6.45, 7) is 0. The van der Waals surface area contributed by atoms with Crippen LogP contribution in [0.1, 0.15) is 5.56 Å². The molecule has 0 unspecified atom stereocenters. The molecule has 1 aromatic carbocycles. The summed E-state index contributed by atoms with van der Waals surface area (Å²) in [4.78, 5) is 0. The molecule has 86 valence electrons. The largest absolute Gasteiger partial charge is 0.413 e. The van der Waals surface area contributed by atoms with Gasteiger partial charge >= 0.3 is 0 Å². The van der Waals surface area contributed by atoms with Crippen molar-refractivity contribution in [2.45, 2.75) is 0 Å². The molecule has 2 aromatic heterocycles. The van der Waals surface area contributed by atoms with E-state index in [0.717, 1.165) is 0 Å². The van der Waals surface area contributed by atoms with Gasteiger partial charge in [-0.2, -0.15) is 5.26 Å². The van der Waals surface area contributed by atoms with E-state index in [1.165, 1.54) is 6.20 Å². The van der Waals surface area contributed by atoms with Crippen LogP contribution in [0.5, 0.6) is 0 Å². The molecule has 0 aliphatic rings. The number of nitriles is 1. The lowest BCUT2D eigenvalue weighted by Gasteiger charge is -1.94. The van der Waals surface area contributed by atoms with Crippen molar-refractivity contribution in [2.75, 3.05) is 0 Å². The minimum absolute atomic E-state index is 0.255. The second-order valence-corrected chi connectivity index (χ2v) is 3.48. The van der Waals surface area contributed by atoms with Crippen molar-refractivity contribution >= 4 is 0 Å². The molecule has 0 bridgehead atoms. The standard InChI is InChI=1S/C12H6N4O2/c13-7-8-2-1-3-9(6-8)11-15-16-12(17-11)10-4-5-14-18-10/h1-6H. The summed E-state index contributed by atoms with van der Waals surface area (Å²) >= 11 is 0. The molecule has 0 aliphatic carbocycles. The fourth-order valence-electron chi connectivity index (χ4n) is 1.49. The summed E-state index contributed by atoms with van der Waals surface area (Å²) in [5.41, 5.74) is 1.22. The van der Waals surface area contributed by atoms with E-state index in [0.29, 0.717) is 22.8 Å². The summed E-state index contributed by atoms with van der Waals surface area (Å²) in [6, 6.07) is 10.6. The average Bonchev–Trinajstić information content (AvgIpc) is 3.09. The van der Waals surface area contributed by atoms with Crippen molar-refractivity contribution in [3.63, 3.8) is 0 Å². The lowest BCUT2D eigenvalue weighted by Crippen LogP contribution is -1.79. The van der Waals surface area contributed by atoms with Crippen LogP contribution >= 0.6 is 0 Å². The van der Waals surface area contributed by atoms with Crippen molar-refractivity contribution in [3.05, 3.63) is 42.1 Å². The third-order valence-corrected chi connectivity index (χ3v) is 2.31. The van der Waals surface area contributed by atoms with Crippen molar-refractivity contribution < 1.29 is 8.94 Å². The molecule has 6 nitrogen and oxygen atoms in total. The number of rotatable bonds is 2. The van der Waals surface area contributed by atoms with Crippen LogP contribution in [-0.2, 0) is 0 Å². The van der Waals surface area contributed by atoms with Gasteiger partial charge in [0.1, 0.15) is 0 Å². The maximum Gasteiger partial charge on any atom is 0.286 e. The van der Waals surface area contributed by atoms with Crippen LogP contribution in [0.3, 0.4) is 0 Å². The SMILES string of the molecule is N#Cc1cccc(-c2nnc(-c3ccno3)o2)c1. The van der Waals surface area contributed by atoms with E-state index < -0.39 is 0 Å². The fourth-order valence-corrected chi connectivity index (χ4v) is 1.49. The van der Waals surface area contributed by atoms with Crippen molar-refractivity contribution in [2.24, 2.45) is 0 Å². The Hall–Kier alpha value is -2.94. The van der Waals surface area contributed by atoms with Crippen molar-refractivity contribution in [1.29, 1.82) is 5.26 Å². The van der Waals surface area contributed by atoms with Crippen LogP contribution < -0.4 is 0 Å². The van der Waals surface area contributed by atoms with Gasteiger partial charge < -0.3 is 8.94 Å². The maximum absolute atomic E-state index is 8.82. The Bertz CT molecular complexity index is 710. The molecule has 3 aromatic rings. The first kappa shape index (κ1) is 10.2. The molecule has 0 aliphatic heterocycles. The summed E-state index contributed by atoms with van der Waals surface area (Å²) < 4.78 is 10.4. The average molecular weight is 238 g/mol. The van der Waals surface area contributed by atoms with E-state index >= 15 is 0 Å². The molecule has 3 rings (SSSR count). The minimum Gasteiger partial charge on any atom is -0.413 e. The molecule has 0 spiro atoms.